The minimum atomic E-state index is -2.97. The Kier molecular flexibility index (Phi) is 7.07. The third kappa shape index (κ3) is 5.76. The van der Waals surface area contributed by atoms with Crippen LogP contribution in [0.15, 0.2) is 24.3 Å². The summed E-state index contributed by atoms with van der Waals surface area (Å²) < 4.78 is 23.2. The van der Waals surface area contributed by atoms with E-state index < -0.39 is 9.84 Å². The predicted octanol–water partition coefficient (Wildman–Crippen LogP) is 1.90. The Labute approximate surface area is 149 Å². The molecule has 1 aliphatic rings. The summed E-state index contributed by atoms with van der Waals surface area (Å²) in [5.41, 5.74) is 1.20. The smallest absolute Gasteiger partial charge is 0.224 e. The molecule has 0 bridgehead atoms. The molecule has 2 rings (SSSR count). The lowest BCUT2D eigenvalue weighted by molar-refractivity contribution is -0.132. The monoisotopic (exact) mass is 372 g/mol. The molecule has 1 atom stereocenters. The number of hydrogen-bond donors (Lipinski definition) is 1. The summed E-state index contributed by atoms with van der Waals surface area (Å²) >= 11 is 5.85. The van der Waals surface area contributed by atoms with Crippen LogP contribution in [-0.4, -0.2) is 56.4 Å². The SMILES string of the molecule is CCN(C(=O)CCNCCc1ccc(Cl)cc1)C1CCS(=O)(=O)C1. The molecule has 0 radical (unpaired) electrons. The van der Waals surface area contributed by atoms with Crippen LogP contribution in [0.3, 0.4) is 0 Å². The number of hydrogen-bond acceptors (Lipinski definition) is 4. The van der Waals surface area contributed by atoms with Crippen molar-refractivity contribution in [2.75, 3.05) is 31.1 Å². The van der Waals surface area contributed by atoms with Crippen molar-refractivity contribution in [3.63, 3.8) is 0 Å². The zero-order chi connectivity index (χ0) is 17.6. The van der Waals surface area contributed by atoms with Gasteiger partial charge in [0.2, 0.25) is 5.91 Å². The molecule has 1 aromatic carbocycles. The molecule has 0 aromatic heterocycles. The van der Waals surface area contributed by atoms with Crippen molar-refractivity contribution in [1.29, 1.82) is 0 Å². The number of carbonyl (C=O) groups excluding carboxylic acids is 1. The number of nitrogens with one attached hydrogen (secondary N) is 1. The first-order chi connectivity index (χ1) is 11.4. The summed E-state index contributed by atoms with van der Waals surface area (Å²) in [7, 11) is -2.97. The average molecular weight is 373 g/mol. The van der Waals surface area contributed by atoms with Crippen molar-refractivity contribution in [2.45, 2.75) is 32.2 Å². The molecule has 1 fully saturated rings. The summed E-state index contributed by atoms with van der Waals surface area (Å²) in [4.78, 5) is 14.0. The van der Waals surface area contributed by atoms with Crippen molar-refractivity contribution in [3.8, 4) is 0 Å². The van der Waals surface area contributed by atoms with Gasteiger partial charge in [0.25, 0.3) is 0 Å². The van der Waals surface area contributed by atoms with Crippen LogP contribution >= 0.6 is 11.6 Å². The van der Waals surface area contributed by atoms with Gasteiger partial charge in [0, 0.05) is 30.6 Å². The molecule has 7 heteroatoms. The van der Waals surface area contributed by atoms with Crippen LogP contribution < -0.4 is 5.32 Å². The maximum Gasteiger partial charge on any atom is 0.224 e. The summed E-state index contributed by atoms with van der Waals surface area (Å²) in [5, 5.41) is 3.99. The molecule has 1 N–H and O–H groups in total. The number of sulfone groups is 1. The molecule has 24 heavy (non-hydrogen) atoms. The molecule has 1 unspecified atom stereocenters. The van der Waals surface area contributed by atoms with Gasteiger partial charge >= 0.3 is 0 Å². The molecular weight excluding hydrogens is 348 g/mol. The molecule has 1 aliphatic heterocycles. The molecule has 0 aliphatic carbocycles. The minimum absolute atomic E-state index is 0.0265. The second kappa shape index (κ2) is 8.83. The zero-order valence-electron chi connectivity index (χ0n) is 14.0. The second-order valence-corrected chi connectivity index (χ2v) is 8.78. The Balaban J connectivity index is 1.69. The van der Waals surface area contributed by atoms with Gasteiger partial charge in [0.1, 0.15) is 0 Å². The summed E-state index contributed by atoms with van der Waals surface area (Å²) in [6.45, 7) is 3.85. The fourth-order valence-electron chi connectivity index (χ4n) is 3.01. The Morgan fingerprint density at radius 3 is 2.58 bits per heavy atom. The molecule has 5 nitrogen and oxygen atoms in total. The Morgan fingerprint density at radius 1 is 1.29 bits per heavy atom. The van der Waals surface area contributed by atoms with Crippen molar-refractivity contribution in [1.82, 2.24) is 10.2 Å². The lowest BCUT2D eigenvalue weighted by Gasteiger charge is -2.27. The Bertz CT molecular complexity index is 646. The largest absolute Gasteiger partial charge is 0.339 e. The Morgan fingerprint density at radius 2 is 2.00 bits per heavy atom. The lowest BCUT2D eigenvalue weighted by Crippen LogP contribution is -2.42. The standard InChI is InChI=1S/C17H25ClN2O3S/c1-2-20(16-9-12-24(22,23)13-16)17(21)8-11-19-10-7-14-3-5-15(18)6-4-14/h3-6,16,19H,2,7-13H2,1H3. The molecule has 0 saturated carbocycles. The average Bonchev–Trinajstić information content (AvgIpc) is 2.89. The minimum Gasteiger partial charge on any atom is -0.339 e. The number of rotatable bonds is 8. The highest BCUT2D eigenvalue weighted by atomic mass is 35.5. The van der Waals surface area contributed by atoms with E-state index in [2.05, 4.69) is 5.32 Å². The van der Waals surface area contributed by atoms with Crippen LogP contribution in [0.5, 0.6) is 0 Å². The highest BCUT2D eigenvalue weighted by Gasteiger charge is 2.33. The fraction of sp³-hybridized carbons (Fsp3) is 0.588. The third-order valence-corrected chi connectivity index (χ3v) is 6.33. The first-order valence-corrected chi connectivity index (χ1v) is 10.6. The second-order valence-electron chi connectivity index (χ2n) is 6.11. The predicted molar refractivity (Wildman–Crippen MR) is 97.1 cm³/mol. The van der Waals surface area contributed by atoms with Crippen LogP contribution in [0, 0.1) is 0 Å². The van der Waals surface area contributed by atoms with E-state index in [9.17, 15) is 13.2 Å². The van der Waals surface area contributed by atoms with Crippen molar-refractivity contribution >= 4 is 27.3 Å². The van der Waals surface area contributed by atoms with Crippen molar-refractivity contribution < 1.29 is 13.2 Å². The van der Waals surface area contributed by atoms with Gasteiger partial charge in [0.05, 0.1) is 11.5 Å². The van der Waals surface area contributed by atoms with E-state index >= 15 is 0 Å². The normalized spacial score (nSPS) is 19.3. The van der Waals surface area contributed by atoms with E-state index in [0.29, 0.717) is 25.9 Å². The first-order valence-electron chi connectivity index (χ1n) is 8.36. The van der Waals surface area contributed by atoms with Crippen LogP contribution in [0.2, 0.25) is 5.02 Å². The van der Waals surface area contributed by atoms with Gasteiger partial charge in [-0.1, -0.05) is 23.7 Å². The number of nitrogens with zero attached hydrogens (tertiary/aromatic N) is 1. The molecule has 1 aromatic rings. The molecule has 1 saturated heterocycles. The third-order valence-electron chi connectivity index (χ3n) is 4.33. The van der Waals surface area contributed by atoms with Gasteiger partial charge in [-0.05, 0) is 44.0 Å². The first kappa shape index (κ1) is 19.2. The number of amides is 1. The van der Waals surface area contributed by atoms with Gasteiger partial charge in [-0.25, -0.2) is 8.42 Å². The van der Waals surface area contributed by atoms with Crippen LogP contribution in [-0.2, 0) is 21.1 Å². The summed E-state index contributed by atoms with van der Waals surface area (Å²) in [6, 6.07) is 7.58. The van der Waals surface area contributed by atoms with Gasteiger partial charge in [-0.2, -0.15) is 0 Å². The molecule has 0 spiro atoms. The summed E-state index contributed by atoms with van der Waals surface area (Å²) in [6.07, 6.45) is 1.83. The van der Waals surface area contributed by atoms with Crippen LogP contribution in [0.1, 0.15) is 25.3 Å². The number of halogens is 1. The molecule has 1 amide bonds. The maximum atomic E-state index is 12.3. The molecular formula is C17H25ClN2O3S. The van der Waals surface area contributed by atoms with E-state index in [1.807, 2.05) is 31.2 Å². The van der Waals surface area contributed by atoms with Crippen molar-refractivity contribution in [2.24, 2.45) is 0 Å². The van der Waals surface area contributed by atoms with Gasteiger partial charge in [0.15, 0.2) is 9.84 Å². The number of carbonyl (C=O) groups is 1. The topological polar surface area (TPSA) is 66.5 Å². The Hall–Kier alpha value is -1.11. The molecule has 134 valence electrons. The highest BCUT2D eigenvalue weighted by Crippen LogP contribution is 2.18. The quantitative estimate of drug-likeness (QED) is 0.708. The van der Waals surface area contributed by atoms with Gasteiger partial charge in [-0.3, -0.25) is 4.79 Å². The van der Waals surface area contributed by atoms with E-state index in [1.54, 1.807) is 4.90 Å². The van der Waals surface area contributed by atoms with Gasteiger partial charge < -0.3 is 10.2 Å². The van der Waals surface area contributed by atoms with Crippen molar-refractivity contribution in [3.05, 3.63) is 34.9 Å². The van der Waals surface area contributed by atoms with Gasteiger partial charge in [-0.15, -0.1) is 0 Å². The number of benzene rings is 1. The van der Waals surface area contributed by atoms with E-state index in [0.717, 1.165) is 18.0 Å². The van der Waals surface area contributed by atoms with E-state index in [1.165, 1.54) is 5.56 Å². The fourth-order valence-corrected chi connectivity index (χ4v) is 4.86. The van der Waals surface area contributed by atoms with Crippen LogP contribution in [0.25, 0.3) is 0 Å². The van der Waals surface area contributed by atoms with E-state index in [4.69, 9.17) is 11.6 Å². The molecule has 1 heterocycles. The zero-order valence-corrected chi connectivity index (χ0v) is 15.6. The highest BCUT2D eigenvalue weighted by molar-refractivity contribution is 7.91. The maximum absolute atomic E-state index is 12.3. The lowest BCUT2D eigenvalue weighted by atomic mass is 10.1. The van der Waals surface area contributed by atoms with Crippen LogP contribution in [0.4, 0.5) is 0 Å². The summed E-state index contributed by atoms with van der Waals surface area (Å²) in [5.74, 6) is 0.329. The van der Waals surface area contributed by atoms with E-state index in [-0.39, 0.29) is 23.5 Å².